The Hall–Kier alpha value is -3.12. The standard InChI is InChI=1S/C25H24N2O3S/c28-25(29)21-15-20-24(31-21)22(18-7-3-1-4-8-18)23(19-9-5-2-6-10-19)27(20)16-17-11-13-26(30)14-12-17/h2,5-6,9-15,18H,1,3-4,7-8,16H2,(H-,28,29,30)/p+1. The van der Waals surface area contributed by atoms with E-state index in [0.29, 0.717) is 17.3 Å². The average Bonchev–Trinajstić information content (AvgIpc) is 3.35. The molecule has 3 aromatic heterocycles. The van der Waals surface area contributed by atoms with Crippen LogP contribution in [0.4, 0.5) is 0 Å². The molecule has 1 aliphatic carbocycles. The van der Waals surface area contributed by atoms with Crippen LogP contribution < -0.4 is 4.73 Å². The zero-order chi connectivity index (χ0) is 21.4. The van der Waals surface area contributed by atoms with E-state index in [9.17, 15) is 15.1 Å². The van der Waals surface area contributed by atoms with Gasteiger partial charge in [-0.25, -0.2) is 4.79 Å². The highest BCUT2D eigenvalue weighted by Crippen LogP contribution is 2.46. The molecule has 6 heteroatoms. The first-order chi connectivity index (χ1) is 15.1. The van der Waals surface area contributed by atoms with Gasteiger partial charge >= 0.3 is 5.97 Å². The Morgan fingerprint density at radius 2 is 1.77 bits per heavy atom. The number of carboxylic acid groups (broad SMARTS) is 1. The zero-order valence-corrected chi connectivity index (χ0v) is 18.0. The first kappa shape index (κ1) is 19.8. The molecule has 5 nitrogen and oxygen atoms in total. The second-order valence-electron chi connectivity index (χ2n) is 8.27. The Bertz CT molecular complexity index is 1220. The van der Waals surface area contributed by atoms with Crippen LogP contribution in [0.5, 0.6) is 0 Å². The number of pyridine rings is 1. The summed E-state index contributed by atoms with van der Waals surface area (Å²) < 4.78 is 4.42. The van der Waals surface area contributed by atoms with Crippen molar-refractivity contribution in [2.45, 2.75) is 44.6 Å². The molecule has 1 aliphatic rings. The van der Waals surface area contributed by atoms with E-state index < -0.39 is 5.97 Å². The summed E-state index contributed by atoms with van der Waals surface area (Å²) in [6, 6.07) is 16.1. The number of carbonyl (C=O) groups is 1. The number of aromatic nitrogens is 2. The van der Waals surface area contributed by atoms with Gasteiger partial charge in [-0.15, -0.1) is 11.3 Å². The van der Waals surface area contributed by atoms with Gasteiger partial charge in [-0.2, -0.15) is 0 Å². The van der Waals surface area contributed by atoms with Gasteiger partial charge in [-0.3, -0.25) is 5.21 Å². The van der Waals surface area contributed by atoms with Crippen LogP contribution in [0, 0.1) is 0 Å². The molecule has 0 aliphatic heterocycles. The average molecular weight is 434 g/mol. The van der Waals surface area contributed by atoms with Gasteiger partial charge in [-0.1, -0.05) is 49.6 Å². The van der Waals surface area contributed by atoms with Gasteiger partial charge in [0.15, 0.2) is 0 Å². The fourth-order valence-electron chi connectivity index (χ4n) is 4.83. The number of carboxylic acids is 1. The van der Waals surface area contributed by atoms with Crippen molar-refractivity contribution < 1.29 is 19.8 Å². The first-order valence-electron chi connectivity index (χ1n) is 10.8. The Morgan fingerprint density at radius 3 is 2.45 bits per heavy atom. The molecule has 0 atom stereocenters. The van der Waals surface area contributed by atoms with Crippen molar-refractivity contribution in [3.8, 4) is 11.3 Å². The molecular weight excluding hydrogens is 408 g/mol. The summed E-state index contributed by atoms with van der Waals surface area (Å²) in [4.78, 5) is 12.2. The SMILES string of the molecule is O=C(O)c1cc2c(s1)c(C1CCCCC1)c(-c1ccccc1)n2Cc1cc[n+](O)cc1. The number of benzene rings is 1. The van der Waals surface area contributed by atoms with Gasteiger partial charge in [0.1, 0.15) is 4.88 Å². The zero-order valence-electron chi connectivity index (χ0n) is 17.2. The van der Waals surface area contributed by atoms with E-state index in [0.717, 1.165) is 38.9 Å². The van der Waals surface area contributed by atoms with Crippen LogP contribution in [0.2, 0.25) is 0 Å². The third-order valence-electron chi connectivity index (χ3n) is 6.27. The van der Waals surface area contributed by atoms with E-state index in [1.807, 2.05) is 24.3 Å². The third-order valence-corrected chi connectivity index (χ3v) is 7.41. The summed E-state index contributed by atoms with van der Waals surface area (Å²) in [6.07, 6.45) is 9.25. The van der Waals surface area contributed by atoms with Crippen molar-refractivity contribution in [2.75, 3.05) is 0 Å². The minimum Gasteiger partial charge on any atom is -0.477 e. The summed E-state index contributed by atoms with van der Waals surface area (Å²) in [5.41, 5.74) is 5.72. The van der Waals surface area contributed by atoms with Crippen LogP contribution in [0.15, 0.2) is 60.9 Å². The number of fused-ring (bicyclic) bond motifs is 1. The highest BCUT2D eigenvalue weighted by atomic mass is 32.1. The summed E-state index contributed by atoms with van der Waals surface area (Å²) >= 11 is 1.40. The van der Waals surface area contributed by atoms with E-state index in [1.165, 1.54) is 41.9 Å². The number of rotatable bonds is 5. The largest absolute Gasteiger partial charge is 0.477 e. The highest BCUT2D eigenvalue weighted by Gasteiger charge is 2.29. The minimum absolute atomic E-state index is 0.386. The van der Waals surface area contributed by atoms with Crippen molar-refractivity contribution in [1.29, 1.82) is 0 Å². The lowest BCUT2D eigenvalue weighted by molar-refractivity contribution is -0.904. The predicted molar refractivity (Wildman–Crippen MR) is 121 cm³/mol. The van der Waals surface area contributed by atoms with Crippen molar-refractivity contribution >= 4 is 27.5 Å². The van der Waals surface area contributed by atoms with E-state index in [4.69, 9.17) is 0 Å². The number of hydrogen-bond acceptors (Lipinski definition) is 3. The van der Waals surface area contributed by atoms with Crippen molar-refractivity contribution in [2.24, 2.45) is 0 Å². The molecule has 5 rings (SSSR count). The van der Waals surface area contributed by atoms with E-state index in [1.54, 1.807) is 12.4 Å². The fourth-order valence-corrected chi connectivity index (χ4v) is 5.96. The molecule has 2 N–H and O–H groups in total. The maximum atomic E-state index is 11.8. The molecule has 0 amide bonds. The first-order valence-corrected chi connectivity index (χ1v) is 11.6. The number of thiophene rings is 1. The maximum absolute atomic E-state index is 11.8. The van der Waals surface area contributed by atoms with Crippen molar-refractivity contribution in [3.05, 3.63) is 76.9 Å². The van der Waals surface area contributed by atoms with Crippen LogP contribution in [0.3, 0.4) is 0 Å². The van der Waals surface area contributed by atoms with Gasteiger partial charge in [0, 0.05) is 23.4 Å². The quantitative estimate of drug-likeness (QED) is 0.314. The molecule has 0 saturated heterocycles. The molecule has 0 radical (unpaired) electrons. The lowest BCUT2D eigenvalue weighted by atomic mass is 9.83. The molecule has 1 saturated carbocycles. The molecule has 0 unspecified atom stereocenters. The Morgan fingerprint density at radius 1 is 1.06 bits per heavy atom. The summed E-state index contributed by atoms with van der Waals surface area (Å²) in [5, 5.41) is 19.3. The Labute approximate surface area is 184 Å². The highest BCUT2D eigenvalue weighted by molar-refractivity contribution is 7.21. The van der Waals surface area contributed by atoms with Gasteiger partial charge in [-0.05, 0) is 41.5 Å². The smallest absolute Gasteiger partial charge is 0.345 e. The Kier molecular flexibility index (Phi) is 5.24. The lowest BCUT2D eigenvalue weighted by Crippen LogP contribution is -2.28. The second kappa shape index (κ2) is 8.19. The van der Waals surface area contributed by atoms with Gasteiger partial charge in [0.2, 0.25) is 12.4 Å². The van der Waals surface area contributed by atoms with E-state index >= 15 is 0 Å². The maximum Gasteiger partial charge on any atom is 0.345 e. The van der Waals surface area contributed by atoms with Crippen molar-refractivity contribution in [3.63, 3.8) is 0 Å². The molecule has 0 spiro atoms. The predicted octanol–water partition coefficient (Wildman–Crippen LogP) is 5.69. The number of aromatic carboxylic acids is 1. The minimum atomic E-state index is -0.871. The monoisotopic (exact) mass is 433 g/mol. The number of hydrogen-bond donors (Lipinski definition) is 2. The summed E-state index contributed by atoms with van der Waals surface area (Å²) in [6.45, 7) is 0.615. The molecule has 1 aromatic carbocycles. The normalized spacial score (nSPS) is 14.8. The van der Waals surface area contributed by atoms with Crippen LogP contribution in [0.25, 0.3) is 21.5 Å². The van der Waals surface area contributed by atoms with E-state index in [-0.39, 0.29) is 0 Å². The number of nitrogens with zero attached hydrogens (tertiary/aromatic N) is 2. The van der Waals surface area contributed by atoms with E-state index in [2.05, 4.69) is 28.8 Å². The third kappa shape index (κ3) is 3.72. The van der Waals surface area contributed by atoms with Gasteiger partial charge in [0.25, 0.3) is 0 Å². The summed E-state index contributed by atoms with van der Waals surface area (Å²) in [5.74, 6) is -0.423. The van der Waals surface area contributed by atoms with Crippen LogP contribution in [-0.2, 0) is 6.54 Å². The molecule has 158 valence electrons. The van der Waals surface area contributed by atoms with Crippen LogP contribution in [-0.4, -0.2) is 20.9 Å². The molecule has 0 bridgehead atoms. The molecular formula is C25H25N2O3S+. The summed E-state index contributed by atoms with van der Waals surface area (Å²) in [7, 11) is 0. The fraction of sp³-hybridized carbons (Fsp3) is 0.280. The Balaban J connectivity index is 1.77. The topological polar surface area (TPSA) is 66.3 Å². The molecule has 31 heavy (non-hydrogen) atoms. The van der Waals surface area contributed by atoms with Crippen LogP contribution >= 0.6 is 11.3 Å². The van der Waals surface area contributed by atoms with Gasteiger partial charge < -0.3 is 9.67 Å². The second-order valence-corrected chi connectivity index (χ2v) is 9.32. The van der Waals surface area contributed by atoms with Gasteiger partial charge in [0.05, 0.1) is 15.9 Å². The van der Waals surface area contributed by atoms with Crippen molar-refractivity contribution in [1.82, 2.24) is 4.57 Å². The van der Waals surface area contributed by atoms with Crippen LogP contribution in [0.1, 0.15) is 58.8 Å². The molecule has 3 heterocycles. The molecule has 1 fully saturated rings. The molecule has 4 aromatic rings. The lowest BCUT2D eigenvalue weighted by Gasteiger charge is -2.23.